The van der Waals surface area contributed by atoms with Crippen LogP contribution >= 0.6 is 34.8 Å². The predicted octanol–water partition coefficient (Wildman–Crippen LogP) is 4.68. The van der Waals surface area contributed by atoms with Gasteiger partial charge < -0.3 is 5.73 Å². The molecular formula is C14H8Cl3F3N2O. The summed E-state index contributed by atoms with van der Waals surface area (Å²) in [6.45, 7) is 0. The van der Waals surface area contributed by atoms with E-state index in [0.29, 0.717) is 12.3 Å². The first kappa shape index (κ1) is 17.8. The number of nitrogens with two attached hydrogens (primary N) is 1. The summed E-state index contributed by atoms with van der Waals surface area (Å²) in [5, 5.41) is -0.113. The lowest BCUT2D eigenvalue weighted by molar-refractivity contribution is -0.137. The van der Waals surface area contributed by atoms with Gasteiger partial charge in [0.25, 0.3) is 0 Å². The number of amides is 1. The molecule has 1 aromatic heterocycles. The summed E-state index contributed by atoms with van der Waals surface area (Å²) in [5.74, 6) is -2.17. The molecule has 1 amide bonds. The Morgan fingerprint density at radius 3 is 2.13 bits per heavy atom. The smallest absolute Gasteiger partial charge is 0.369 e. The third-order valence-electron chi connectivity index (χ3n) is 3.04. The van der Waals surface area contributed by atoms with E-state index in [1.807, 2.05) is 0 Å². The van der Waals surface area contributed by atoms with Gasteiger partial charge in [0.15, 0.2) is 0 Å². The van der Waals surface area contributed by atoms with Crippen LogP contribution in [0.3, 0.4) is 0 Å². The minimum absolute atomic E-state index is 0.124. The zero-order valence-corrected chi connectivity index (χ0v) is 13.4. The van der Waals surface area contributed by atoms with Gasteiger partial charge in [0, 0.05) is 21.8 Å². The van der Waals surface area contributed by atoms with Gasteiger partial charge in [-0.15, -0.1) is 0 Å². The molecule has 0 unspecified atom stereocenters. The average Bonchev–Trinajstić information content (AvgIpc) is 2.42. The Labute approximate surface area is 144 Å². The van der Waals surface area contributed by atoms with Crippen molar-refractivity contribution in [3.05, 3.63) is 62.4 Å². The Bertz CT molecular complexity index is 745. The van der Waals surface area contributed by atoms with E-state index < -0.39 is 23.6 Å². The molecule has 0 fully saturated rings. The van der Waals surface area contributed by atoms with Crippen LogP contribution in [-0.4, -0.2) is 10.9 Å². The van der Waals surface area contributed by atoms with E-state index in [1.165, 1.54) is 12.1 Å². The predicted molar refractivity (Wildman–Crippen MR) is 81.7 cm³/mol. The monoisotopic (exact) mass is 382 g/mol. The number of alkyl halides is 3. The second-order valence-electron chi connectivity index (χ2n) is 4.56. The Morgan fingerprint density at radius 2 is 1.70 bits per heavy atom. The van der Waals surface area contributed by atoms with Gasteiger partial charge in [-0.1, -0.05) is 40.9 Å². The van der Waals surface area contributed by atoms with Crippen LogP contribution in [0, 0.1) is 0 Å². The van der Waals surface area contributed by atoms with Crippen molar-refractivity contribution in [3.8, 4) is 0 Å². The van der Waals surface area contributed by atoms with Gasteiger partial charge in [-0.25, -0.2) is 0 Å². The summed E-state index contributed by atoms with van der Waals surface area (Å²) in [6.07, 6.45) is -4.04. The zero-order chi connectivity index (χ0) is 17.4. The minimum Gasteiger partial charge on any atom is -0.369 e. The molecule has 1 aromatic carbocycles. The molecule has 0 saturated heterocycles. The molecule has 1 atom stereocenters. The summed E-state index contributed by atoms with van der Waals surface area (Å²) >= 11 is 17.9. The normalized spacial score (nSPS) is 13.0. The highest BCUT2D eigenvalue weighted by molar-refractivity contribution is 6.37. The second-order valence-corrected chi connectivity index (χ2v) is 5.78. The lowest BCUT2D eigenvalue weighted by atomic mass is 9.94. The molecule has 122 valence electrons. The van der Waals surface area contributed by atoms with E-state index in [9.17, 15) is 18.0 Å². The highest BCUT2D eigenvalue weighted by Gasteiger charge is 2.34. The van der Waals surface area contributed by atoms with Crippen LogP contribution in [0.5, 0.6) is 0 Å². The number of halogens is 6. The first-order valence-corrected chi connectivity index (χ1v) is 7.22. The van der Waals surface area contributed by atoms with Crippen LogP contribution in [0.4, 0.5) is 13.2 Å². The first-order chi connectivity index (χ1) is 10.6. The topological polar surface area (TPSA) is 56.0 Å². The quantitative estimate of drug-likeness (QED) is 0.837. The maximum Gasteiger partial charge on any atom is 0.417 e. The molecular weight excluding hydrogens is 376 g/mol. The Morgan fingerprint density at radius 1 is 1.13 bits per heavy atom. The number of pyridine rings is 1. The standard InChI is InChI=1S/C14H8Cl3F3N2O/c15-7-2-1-3-8(16)10(7)11(13(21)23)12-9(17)4-6(5-22-12)14(18,19)20/h1-5,11H,(H2,21,23)/t11-/m0/s1. The van der Waals surface area contributed by atoms with Crippen LogP contribution in [0.2, 0.25) is 15.1 Å². The van der Waals surface area contributed by atoms with Gasteiger partial charge >= 0.3 is 6.18 Å². The number of hydrogen-bond acceptors (Lipinski definition) is 2. The van der Waals surface area contributed by atoms with Gasteiger partial charge in [-0.05, 0) is 18.2 Å². The molecule has 0 saturated carbocycles. The molecule has 1 heterocycles. The van der Waals surface area contributed by atoms with Crippen LogP contribution in [0.1, 0.15) is 22.7 Å². The summed E-state index contributed by atoms with van der Waals surface area (Å²) in [7, 11) is 0. The SMILES string of the molecule is NC(=O)[C@H](c1ncc(C(F)(F)F)cc1Cl)c1c(Cl)cccc1Cl. The Hall–Kier alpha value is -1.50. The molecule has 2 rings (SSSR count). The van der Waals surface area contributed by atoms with E-state index in [0.717, 1.165) is 0 Å². The number of aromatic nitrogens is 1. The van der Waals surface area contributed by atoms with Gasteiger partial charge in [0.2, 0.25) is 5.91 Å². The van der Waals surface area contributed by atoms with Crippen molar-refractivity contribution in [1.29, 1.82) is 0 Å². The van der Waals surface area contributed by atoms with E-state index in [4.69, 9.17) is 40.5 Å². The molecule has 0 aliphatic heterocycles. The fraction of sp³-hybridized carbons (Fsp3) is 0.143. The highest BCUT2D eigenvalue weighted by atomic mass is 35.5. The highest BCUT2D eigenvalue weighted by Crippen LogP contribution is 2.39. The summed E-state index contributed by atoms with van der Waals surface area (Å²) in [4.78, 5) is 15.5. The van der Waals surface area contributed by atoms with Gasteiger partial charge in [0.05, 0.1) is 16.3 Å². The summed E-state index contributed by atoms with van der Waals surface area (Å²) in [6, 6.07) is 5.16. The summed E-state index contributed by atoms with van der Waals surface area (Å²) < 4.78 is 38.0. The zero-order valence-electron chi connectivity index (χ0n) is 11.2. The first-order valence-electron chi connectivity index (χ1n) is 6.08. The molecule has 0 aliphatic rings. The maximum atomic E-state index is 12.7. The molecule has 2 N–H and O–H groups in total. The molecule has 9 heteroatoms. The third kappa shape index (κ3) is 3.71. The number of benzene rings is 1. The van der Waals surface area contributed by atoms with Crippen LogP contribution < -0.4 is 5.73 Å². The lowest BCUT2D eigenvalue weighted by Crippen LogP contribution is -2.24. The van der Waals surface area contributed by atoms with E-state index in [1.54, 1.807) is 6.07 Å². The van der Waals surface area contributed by atoms with Crippen molar-refractivity contribution in [2.45, 2.75) is 12.1 Å². The Kier molecular flexibility index (Phi) is 5.08. The lowest BCUT2D eigenvalue weighted by Gasteiger charge is -2.18. The maximum absolute atomic E-state index is 12.7. The summed E-state index contributed by atoms with van der Waals surface area (Å²) in [5.41, 5.74) is 4.30. The molecule has 0 aliphatic carbocycles. The van der Waals surface area contributed by atoms with Gasteiger partial charge in [0.1, 0.15) is 5.92 Å². The third-order valence-corrected chi connectivity index (χ3v) is 4.01. The van der Waals surface area contributed by atoms with Crippen molar-refractivity contribution in [2.24, 2.45) is 5.73 Å². The largest absolute Gasteiger partial charge is 0.417 e. The number of rotatable bonds is 3. The molecule has 23 heavy (non-hydrogen) atoms. The van der Waals surface area contributed by atoms with Gasteiger partial charge in [-0.3, -0.25) is 9.78 Å². The van der Waals surface area contributed by atoms with Crippen molar-refractivity contribution >= 4 is 40.7 Å². The number of hydrogen-bond donors (Lipinski definition) is 1. The molecule has 0 spiro atoms. The fourth-order valence-corrected chi connectivity index (χ4v) is 2.91. The molecule has 0 bridgehead atoms. The fourth-order valence-electron chi connectivity index (χ4n) is 2.02. The number of carbonyl (C=O) groups is 1. The molecule has 0 radical (unpaired) electrons. The van der Waals surface area contributed by atoms with Crippen molar-refractivity contribution in [3.63, 3.8) is 0 Å². The number of carbonyl (C=O) groups excluding carboxylic acids is 1. The second kappa shape index (κ2) is 6.55. The van der Waals surface area contributed by atoms with Crippen LogP contribution in [-0.2, 0) is 11.0 Å². The molecule has 3 nitrogen and oxygen atoms in total. The van der Waals surface area contributed by atoms with Crippen LogP contribution in [0.25, 0.3) is 0 Å². The number of nitrogens with zero attached hydrogens (tertiary/aromatic N) is 1. The Balaban J connectivity index is 2.62. The van der Waals surface area contributed by atoms with Crippen molar-refractivity contribution in [1.82, 2.24) is 4.98 Å². The van der Waals surface area contributed by atoms with Gasteiger partial charge in [-0.2, -0.15) is 13.2 Å². The van der Waals surface area contributed by atoms with E-state index in [-0.39, 0.29) is 26.3 Å². The van der Waals surface area contributed by atoms with E-state index in [2.05, 4.69) is 4.98 Å². The number of primary amides is 1. The van der Waals surface area contributed by atoms with Crippen molar-refractivity contribution < 1.29 is 18.0 Å². The van der Waals surface area contributed by atoms with Crippen molar-refractivity contribution in [2.75, 3.05) is 0 Å². The molecule has 2 aromatic rings. The van der Waals surface area contributed by atoms with Crippen LogP contribution in [0.15, 0.2) is 30.5 Å². The van der Waals surface area contributed by atoms with E-state index >= 15 is 0 Å². The minimum atomic E-state index is -4.61. The average molecular weight is 384 g/mol.